The molecule has 0 radical (unpaired) electrons. The van der Waals surface area contributed by atoms with Crippen molar-refractivity contribution >= 4 is 17.3 Å². The molecule has 2 heterocycles. The van der Waals surface area contributed by atoms with Crippen LogP contribution >= 0.6 is 11.3 Å². The van der Waals surface area contributed by atoms with Crippen molar-refractivity contribution < 1.29 is 4.74 Å². The highest BCUT2D eigenvalue weighted by atomic mass is 32.1. The maximum absolute atomic E-state index is 6.14. The van der Waals surface area contributed by atoms with Crippen LogP contribution in [-0.2, 0) is 26.7 Å². The molecule has 3 rings (SSSR count). The highest BCUT2D eigenvalue weighted by Gasteiger charge is 2.10. The predicted molar refractivity (Wildman–Crippen MR) is 126 cm³/mol. The number of thiophene rings is 1. The topological polar surface area (TPSA) is 76.4 Å². The fourth-order valence-corrected chi connectivity index (χ4v) is 3.54. The minimum atomic E-state index is 0.165. The summed E-state index contributed by atoms with van der Waals surface area (Å²) in [6, 6.07) is 10.5. The normalized spacial score (nSPS) is 12.6. The largest absolute Gasteiger partial charge is 0.490 e. The number of aliphatic imine (C=N–C) groups is 1. The molecule has 0 saturated heterocycles. The van der Waals surface area contributed by atoms with Gasteiger partial charge in [0.2, 0.25) is 0 Å². The molecule has 0 aliphatic rings. The molecular formula is C23H32N6OS. The zero-order chi connectivity index (χ0) is 22.2. The fraction of sp³-hybridized carbons (Fsp3) is 0.435. The van der Waals surface area contributed by atoms with Gasteiger partial charge in [-0.1, -0.05) is 25.1 Å². The van der Waals surface area contributed by atoms with Gasteiger partial charge in [-0.15, -0.1) is 21.5 Å². The molecule has 0 amide bonds. The number of nitrogens with zero attached hydrogens (tertiary/aromatic N) is 4. The van der Waals surface area contributed by atoms with E-state index in [9.17, 15) is 0 Å². The van der Waals surface area contributed by atoms with Crippen molar-refractivity contribution in [2.24, 2.45) is 12.0 Å². The van der Waals surface area contributed by atoms with Gasteiger partial charge in [-0.2, -0.15) is 0 Å². The summed E-state index contributed by atoms with van der Waals surface area (Å²) in [6.45, 7) is 10.0. The summed E-state index contributed by atoms with van der Waals surface area (Å²) < 4.78 is 8.12. The van der Waals surface area contributed by atoms with Crippen LogP contribution in [0.15, 0.2) is 40.7 Å². The van der Waals surface area contributed by atoms with Gasteiger partial charge < -0.3 is 19.9 Å². The van der Waals surface area contributed by atoms with Crippen molar-refractivity contribution in [1.29, 1.82) is 0 Å². The Balaban J connectivity index is 1.75. The van der Waals surface area contributed by atoms with E-state index in [4.69, 9.17) is 9.73 Å². The number of hydrogen-bond donors (Lipinski definition) is 2. The van der Waals surface area contributed by atoms with Crippen LogP contribution in [0, 0.1) is 13.8 Å². The molecule has 3 aromatic rings. The van der Waals surface area contributed by atoms with E-state index < -0.39 is 0 Å². The maximum atomic E-state index is 6.14. The van der Waals surface area contributed by atoms with Gasteiger partial charge in [0.15, 0.2) is 11.8 Å². The lowest BCUT2D eigenvalue weighted by molar-refractivity contribution is 0.215. The predicted octanol–water partition coefficient (Wildman–Crippen LogP) is 4.11. The minimum Gasteiger partial charge on any atom is -0.490 e. The van der Waals surface area contributed by atoms with Gasteiger partial charge >= 0.3 is 0 Å². The van der Waals surface area contributed by atoms with Crippen molar-refractivity contribution in [2.45, 2.75) is 59.9 Å². The van der Waals surface area contributed by atoms with E-state index in [-0.39, 0.29) is 6.10 Å². The second kappa shape index (κ2) is 10.9. The van der Waals surface area contributed by atoms with Crippen molar-refractivity contribution in [3.05, 3.63) is 63.4 Å². The van der Waals surface area contributed by atoms with E-state index in [0.717, 1.165) is 35.3 Å². The lowest BCUT2D eigenvalue weighted by Gasteiger charge is -2.17. The van der Waals surface area contributed by atoms with Crippen LogP contribution in [0.25, 0.3) is 0 Å². The Bertz CT molecular complexity index is 996. The lowest BCUT2D eigenvalue weighted by atomic mass is 10.1. The van der Waals surface area contributed by atoms with Gasteiger partial charge in [0, 0.05) is 17.5 Å². The molecule has 166 valence electrons. The van der Waals surface area contributed by atoms with E-state index in [0.29, 0.717) is 19.6 Å². The fourth-order valence-electron chi connectivity index (χ4n) is 2.89. The van der Waals surface area contributed by atoms with E-state index in [1.807, 2.05) is 18.5 Å². The average molecular weight is 441 g/mol. The molecule has 1 atom stereocenters. The molecule has 31 heavy (non-hydrogen) atoms. The molecule has 1 aromatic carbocycles. The van der Waals surface area contributed by atoms with Gasteiger partial charge in [-0.25, -0.2) is 4.99 Å². The Labute approximate surface area is 188 Å². The third kappa shape index (κ3) is 6.55. The van der Waals surface area contributed by atoms with Crippen LogP contribution in [0.4, 0.5) is 0 Å². The molecule has 2 N–H and O–H groups in total. The first-order valence-electron chi connectivity index (χ1n) is 10.6. The molecular weight excluding hydrogens is 408 g/mol. The average Bonchev–Trinajstić information content (AvgIpc) is 3.39. The third-order valence-electron chi connectivity index (χ3n) is 5.14. The van der Waals surface area contributed by atoms with Gasteiger partial charge in [0.1, 0.15) is 11.6 Å². The number of rotatable bonds is 9. The smallest absolute Gasteiger partial charge is 0.192 e. The van der Waals surface area contributed by atoms with Crippen molar-refractivity contribution in [2.75, 3.05) is 0 Å². The zero-order valence-corrected chi connectivity index (χ0v) is 19.8. The number of hydrogen-bond acceptors (Lipinski definition) is 5. The quantitative estimate of drug-likeness (QED) is 0.387. The SMILES string of the molecule is CCC(C)Oc1cc(C)ccc1CN=C(NCc1cccs1)NCc1nnc(C)n1C. The van der Waals surface area contributed by atoms with Crippen LogP contribution in [0.5, 0.6) is 5.75 Å². The van der Waals surface area contributed by atoms with Crippen LogP contribution in [-0.4, -0.2) is 26.8 Å². The number of aryl methyl sites for hydroxylation is 2. The van der Waals surface area contributed by atoms with Crippen LogP contribution < -0.4 is 15.4 Å². The molecule has 1 unspecified atom stereocenters. The lowest BCUT2D eigenvalue weighted by Crippen LogP contribution is -2.37. The summed E-state index contributed by atoms with van der Waals surface area (Å²) >= 11 is 1.72. The summed E-state index contributed by atoms with van der Waals surface area (Å²) in [5.74, 6) is 3.37. The Morgan fingerprint density at radius 2 is 2.00 bits per heavy atom. The van der Waals surface area contributed by atoms with Crippen LogP contribution in [0.2, 0.25) is 0 Å². The van der Waals surface area contributed by atoms with Crippen molar-refractivity contribution in [3.63, 3.8) is 0 Å². The molecule has 0 aliphatic heterocycles. The number of guanidine groups is 1. The first kappa shape index (κ1) is 22.8. The zero-order valence-electron chi connectivity index (χ0n) is 19.0. The van der Waals surface area contributed by atoms with Gasteiger partial charge in [-0.05, 0) is 50.3 Å². The van der Waals surface area contributed by atoms with Crippen molar-refractivity contribution in [1.82, 2.24) is 25.4 Å². The second-order valence-corrected chi connectivity index (χ2v) is 8.65. The first-order valence-corrected chi connectivity index (χ1v) is 11.5. The van der Waals surface area contributed by atoms with E-state index in [2.05, 4.69) is 77.3 Å². The van der Waals surface area contributed by atoms with Gasteiger partial charge in [0.05, 0.1) is 25.7 Å². The number of ether oxygens (including phenoxy) is 1. The minimum absolute atomic E-state index is 0.165. The van der Waals surface area contributed by atoms with E-state index in [1.165, 1.54) is 10.4 Å². The Hall–Kier alpha value is -2.87. The summed E-state index contributed by atoms with van der Waals surface area (Å²) in [5.41, 5.74) is 2.25. The standard InChI is InChI=1S/C23H32N6OS/c1-6-17(3)30-21-12-16(2)9-10-19(21)13-24-23(25-14-20-8-7-11-31-20)26-15-22-28-27-18(4)29(22)5/h7-12,17H,6,13-15H2,1-5H3,(H2,24,25,26). The van der Waals surface area contributed by atoms with Gasteiger partial charge in [-0.3, -0.25) is 0 Å². The molecule has 0 aliphatic carbocycles. The molecule has 0 spiro atoms. The van der Waals surface area contributed by atoms with Crippen LogP contribution in [0.1, 0.15) is 47.9 Å². The molecule has 0 fully saturated rings. The molecule has 0 bridgehead atoms. The molecule has 8 heteroatoms. The number of aromatic nitrogens is 3. The summed E-state index contributed by atoms with van der Waals surface area (Å²) in [7, 11) is 1.97. The molecule has 7 nitrogen and oxygen atoms in total. The Kier molecular flexibility index (Phi) is 8.06. The highest BCUT2D eigenvalue weighted by molar-refractivity contribution is 7.09. The van der Waals surface area contributed by atoms with Crippen molar-refractivity contribution in [3.8, 4) is 5.75 Å². The number of nitrogens with one attached hydrogen (secondary N) is 2. The van der Waals surface area contributed by atoms with Crippen LogP contribution in [0.3, 0.4) is 0 Å². The summed E-state index contributed by atoms with van der Waals surface area (Å²) in [6.07, 6.45) is 1.13. The van der Waals surface area contributed by atoms with E-state index >= 15 is 0 Å². The summed E-state index contributed by atoms with van der Waals surface area (Å²) in [4.78, 5) is 6.08. The highest BCUT2D eigenvalue weighted by Crippen LogP contribution is 2.23. The second-order valence-electron chi connectivity index (χ2n) is 7.62. The Morgan fingerprint density at radius 1 is 1.19 bits per heavy atom. The third-order valence-corrected chi connectivity index (χ3v) is 6.02. The monoisotopic (exact) mass is 440 g/mol. The molecule has 2 aromatic heterocycles. The molecule has 0 saturated carbocycles. The number of benzene rings is 1. The summed E-state index contributed by atoms with van der Waals surface area (Å²) in [5, 5.41) is 17.2. The first-order chi connectivity index (χ1) is 15.0. The van der Waals surface area contributed by atoms with Gasteiger partial charge in [0.25, 0.3) is 0 Å². The maximum Gasteiger partial charge on any atom is 0.192 e. The van der Waals surface area contributed by atoms with E-state index in [1.54, 1.807) is 11.3 Å². The Morgan fingerprint density at radius 3 is 2.68 bits per heavy atom.